The molecule has 5 heterocycles. The predicted octanol–water partition coefficient (Wildman–Crippen LogP) is 0.825. The topological polar surface area (TPSA) is 145 Å². The van der Waals surface area contributed by atoms with E-state index in [0.717, 1.165) is 14.7 Å². The van der Waals surface area contributed by atoms with Gasteiger partial charge in [0.1, 0.15) is 34.4 Å². The molecule has 0 spiro atoms. The van der Waals surface area contributed by atoms with Gasteiger partial charge < -0.3 is 20.7 Å². The quantitative estimate of drug-likeness (QED) is 0.408. The van der Waals surface area contributed by atoms with Crippen LogP contribution < -0.4 is 5.73 Å². The molecule has 28 heavy (non-hydrogen) atoms. The monoisotopic (exact) mass is 417 g/mol. The molecule has 0 amide bonds. The fraction of sp³-hybridized carbons (Fsp3) is 0.312. The Balaban J connectivity index is 1.35. The van der Waals surface area contributed by atoms with Crippen LogP contribution in [0, 0.1) is 0 Å². The highest BCUT2D eigenvalue weighted by molar-refractivity contribution is 8.01. The van der Waals surface area contributed by atoms with Gasteiger partial charge in [0.25, 0.3) is 0 Å². The minimum absolute atomic E-state index is 0.244. The van der Waals surface area contributed by atoms with Crippen LogP contribution in [0.5, 0.6) is 0 Å². The van der Waals surface area contributed by atoms with E-state index in [9.17, 15) is 10.2 Å². The van der Waals surface area contributed by atoms with E-state index in [1.165, 1.54) is 35.8 Å². The van der Waals surface area contributed by atoms with Crippen LogP contribution in [0.2, 0.25) is 0 Å². The van der Waals surface area contributed by atoms with Gasteiger partial charge in [0.05, 0.1) is 12.4 Å². The highest BCUT2D eigenvalue weighted by Gasteiger charge is 2.44. The lowest BCUT2D eigenvalue weighted by atomic mass is 10.1. The molecule has 5 rings (SSSR count). The maximum absolute atomic E-state index is 10.5. The molecule has 4 N–H and O–H groups in total. The van der Waals surface area contributed by atoms with Gasteiger partial charge in [-0.1, -0.05) is 23.1 Å². The van der Waals surface area contributed by atoms with Gasteiger partial charge in [0.2, 0.25) is 0 Å². The Morgan fingerprint density at radius 1 is 1.21 bits per heavy atom. The Labute approximate surface area is 166 Å². The minimum atomic E-state index is -1.13. The molecule has 4 atom stereocenters. The number of nitrogens with two attached hydrogens (primary N) is 1. The Morgan fingerprint density at radius 2 is 2.11 bits per heavy atom. The number of imidazole rings is 1. The summed E-state index contributed by atoms with van der Waals surface area (Å²) >= 11 is 2.94. The molecule has 10 nitrogen and oxygen atoms in total. The van der Waals surface area contributed by atoms with Crippen LogP contribution in [-0.2, 0) is 4.74 Å². The van der Waals surface area contributed by atoms with Crippen molar-refractivity contribution in [2.45, 2.75) is 28.9 Å². The third-order valence-corrected chi connectivity index (χ3v) is 6.73. The smallest absolute Gasteiger partial charge is 0.167 e. The van der Waals surface area contributed by atoms with E-state index in [2.05, 4.69) is 24.9 Å². The average molecular weight is 417 g/mol. The third kappa shape index (κ3) is 2.89. The number of hydrogen-bond acceptors (Lipinski definition) is 11. The average Bonchev–Trinajstić information content (AvgIpc) is 3.38. The zero-order valence-electron chi connectivity index (χ0n) is 14.3. The normalized spacial score (nSPS) is 25.1. The standard InChI is InChI=1S/C16H15N7O3S2/c17-12-9-13(20-5-19-12)23(6-21-9)15-11(25)10(24)8(26-15)4-27-16-22-7-2-1-3-18-14(7)28-16/h1-3,5-6,8,10-11,15,24-25H,4H2,(H2,17,19,20)/t8-,10-,11-,15?/m1/s1. The highest BCUT2D eigenvalue weighted by Crippen LogP contribution is 2.36. The van der Waals surface area contributed by atoms with E-state index in [4.69, 9.17) is 10.5 Å². The molecule has 4 aromatic heterocycles. The summed E-state index contributed by atoms with van der Waals surface area (Å²) in [5, 5.41) is 21.0. The molecule has 1 saturated heterocycles. The molecule has 0 radical (unpaired) electrons. The summed E-state index contributed by atoms with van der Waals surface area (Å²) < 4.78 is 8.33. The Bertz CT molecular complexity index is 1120. The first-order valence-corrected chi connectivity index (χ1v) is 10.2. The van der Waals surface area contributed by atoms with E-state index in [-0.39, 0.29) is 5.82 Å². The van der Waals surface area contributed by atoms with Gasteiger partial charge in [0.15, 0.2) is 22.0 Å². The minimum Gasteiger partial charge on any atom is -0.387 e. The maximum Gasteiger partial charge on any atom is 0.167 e. The highest BCUT2D eigenvalue weighted by atomic mass is 32.2. The number of aliphatic hydroxyl groups is 2. The van der Waals surface area contributed by atoms with Gasteiger partial charge in [-0.25, -0.2) is 24.9 Å². The first kappa shape index (κ1) is 17.7. The van der Waals surface area contributed by atoms with E-state index >= 15 is 0 Å². The lowest BCUT2D eigenvalue weighted by molar-refractivity contribution is -0.0289. The molecule has 1 unspecified atom stereocenters. The number of aliphatic hydroxyl groups excluding tert-OH is 2. The number of nitrogen functional groups attached to an aromatic ring is 1. The van der Waals surface area contributed by atoms with Gasteiger partial charge in [-0.05, 0) is 12.1 Å². The van der Waals surface area contributed by atoms with Crippen LogP contribution >= 0.6 is 23.1 Å². The number of rotatable bonds is 4. The van der Waals surface area contributed by atoms with Crippen LogP contribution in [0.4, 0.5) is 5.82 Å². The number of pyridine rings is 1. The van der Waals surface area contributed by atoms with Crippen molar-refractivity contribution in [3.8, 4) is 0 Å². The van der Waals surface area contributed by atoms with Crippen molar-refractivity contribution in [2.75, 3.05) is 11.5 Å². The number of ether oxygens (including phenoxy) is 1. The molecule has 1 fully saturated rings. The summed E-state index contributed by atoms with van der Waals surface area (Å²) in [5.41, 5.74) is 7.51. The number of nitrogens with zero attached hydrogens (tertiary/aromatic N) is 6. The number of thiazole rings is 1. The van der Waals surface area contributed by atoms with E-state index < -0.39 is 24.5 Å². The molecule has 0 bridgehead atoms. The maximum atomic E-state index is 10.5. The second-order valence-corrected chi connectivity index (χ2v) is 8.49. The molecule has 1 aliphatic heterocycles. The fourth-order valence-corrected chi connectivity index (χ4v) is 5.18. The lowest BCUT2D eigenvalue weighted by Gasteiger charge is -2.16. The summed E-state index contributed by atoms with van der Waals surface area (Å²) in [5.74, 6) is 0.673. The van der Waals surface area contributed by atoms with Crippen LogP contribution in [-0.4, -0.2) is 63.8 Å². The molecular formula is C16H15N7O3S2. The summed E-state index contributed by atoms with van der Waals surface area (Å²) in [4.78, 5) is 21.9. The molecule has 0 aromatic carbocycles. The molecule has 0 saturated carbocycles. The second-order valence-electron chi connectivity index (χ2n) is 6.25. The van der Waals surface area contributed by atoms with Gasteiger partial charge in [0, 0.05) is 11.9 Å². The zero-order valence-corrected chi connectivity index (χ0v) is 15.9. The Kier molecular flexibility index (Phi) is 4.36. The molecular weight excluding hydrogens is 402 g/mol. The summed E-state index contributed by atoms with van der Waals surface area (Å²) in [6, 6.07) is 3.74. The first-order chi connectivity index (χ1) is 13.6. The van der Waals surface area contributed by atoms with E-state index in [1.54, 1.807) is 10.8 Å². The number of aromatic nitrogens is 6. The molecule has 1 aliphatic rings. The van der Waals surface area contributed by atoms with Crippen molar-refractivity contribution in [1.29, 1.82) is 0 Å². The second kappa shape index (κ2) is 6.90. The third-order valence-electron chi connectivity index (χ3n) is 4.52. The van der Waals surface area contributed by atoms with Crippen LogP contribution in [0.1, 0.15) is 6.23 Å². The molecule has 4 aromatic rings. The van der Waals surface area contributed by atoms with Crippen molar-refractivity contribution in [1.82, 2.24) is 29.5 Å². The van der Waals surface area contributed by atoms with Crippen LogP contribution in [0.25, 0.3) is 21.5 Å². The van der Waals surface area contributed by atoms with Crippen molar-refractivity contribution in [3.05, 3.63) is 31.0 Å². The summed E-state index contributed by atoms with van der Waals surface area (Å²) in [6.45, 7) is 0. The molecule has 0 aliphatic carbocycles. The van der Waals surface area contributed by atoms with Crippen LogP contribution in [0.3, 0.4) is 0 Å². The first-order valence-electron chi connectivity index (χ1n) is 8.41. The Hall–Kier alpha value is -2.38. The van der Waals surface area contributed by atoms with Crippen molar-refractivity contribution >= 4 is 50.4 Å². The summed E-state index contributed by atoms with van der Waals surface area (Å²) in [6.07, 6.45) is 0.940. The van der Waals surface area contributed by atoms with Gasteiger partial charge >= 0.3 is 0 Å². The fourth-order valence-electron chi connectivity index (χ4n) is 3.12. The van der Waals surface area contributed by atoms with Crippen molar-refractivity contribution < 1.29 is 14.9 Å². The largest absolute Gasteiger partial charge is 0.387 e. The van der Waals surface area contributed by atoms with Crippen molar-refractivity contribution in [2.24, 2.45) is 0 Å². The Morgan fingerprint density at radius 3 is 2.96 bits per heavy atom. The number of fused-ring (bicyclic) bond motifs is 2. The number of hydrogen-bond donors (Lipinski definition) is 3. The molecule has 144 valence electrons. The SMILES string of the molecule is Nc1ncnc2c1ncn2C1O[C@H](CSc2nc3cccnc3s2)[C@@H](O)[C@H]1O. The van der Waals surface area contributed by atoms with Gasteiger partial charge in [-0.15, -0.1) is 0 Å². The van der Waals surface area contributed by atoms with Crippen LogP contribution in [0.15, 0.2) is 35.3 Å². The number of anilines is 1. The number of thioether (sulfide) groups is 1. The van der Waals surface area contributed by atoms with Gasteiger partial charge in [-0.3, -0.25) is 4.57 Å². The zero-order chi connectivity index (χ0) is 19.3. The predicted molar refractivity (Wildman–Crippen MR) is 104 cm³/mol. The van der Waals surface area contributed by atoms with Crippen molar-refractivity contribution in [3.63, 3.8) is 0 Å². The van der Waals surface area contributed by atoms with E-state index in [0.29, 0.717) is 16.9 Å². The van der Waals surface area contributed by atoms with Gasteiger partial charge in [-0.2, -0.15) is 0 Å². The summed E-state index contributed by atoms with van der Waals surface area (Å²) in [7, 11) is 0. The lowest BCUT2D eigenvalue weighted by Crippen LogP contribution is -2.32. The molecule has 12 heteroatoms. The van der Waals surface area contributed by atoms with E-state index in [1.807, 2.05) is 12.1 Å².